The SMILES string of the molecule is CCN(CC)C(=O)CN(C)C(=O)CCNC(=O)C12CC3CC(CC(C3)C1)C2. The Morgan fingerprint density at radius 3 is 1.93 bits per heavy atom. The van der Waals surface area contributed by atoms with Crippen LogP contribution in [0.5, 0.6) is 0 Å². The van der Waals surface area contributed by atoms with Gasteiger partial charge in [-0.3, -0.25) is 14.4 Å². The Labute approximate surface area is 163 Å². The standard InChI is InChI=1S/C21H35N3O3/c1-4-24(5-2)19(26)14-23(3)18(25)6-7-22-20(27)21-11-15-8-16(12-21)10-17(9-15)13-21/h15-17H,4-14H2,1-3H3,(H,22,27). The summed E-state index contributed by atoms with van der Waals surface area (Å²) in [5.74, 6) is 2.24. The first-order valence-electron chi connectivity index (χ1n) is 10.7. The van der Waals surface area contributed by atoms with Crippen LogP contribution < -0.4 is 5.32 Å². The lowest BCUT2D eigenvalue weighted by atomic mass is 9.49. The third-order valence-corrected chi connectivity index (χ3v) is 7.06. The van der Waals surface area contributed by atoms with E-state index in [0.717, 1.165) is 37.0 Å². The van der Waals surface area contributed by atoms with Crippen molar-refractivity contribution in [2.24, 2.45) is 23.2 Å². The van der Waals surface area contributed by atoms with E-state index in [9.17, 15) is 14.4 Å². The lowest BCUT2D eigenvalue weighted by molar-refractivity contribution is -0.146. The van der Waals surface area contributed by atoms with Crippen molar-refractivity contribution in [3.8, 4) is 0 Å². The fourth-order valence-electron chi connectivity index (χ4n) is 6.02. The van der Waals surface area contributed by atoms with Crippen LogP contribution in [0.25, 0.3) is 0 Å². The summed E-state index contributed by atoms with van der Waals surface area (Å²) in [5, 5.41) is 3.04. The second-order valence-corrected chi connectivity index (χ2v) is 9.02. The average Bonchev–Trinajstić information content (AvgIpc) is 2.61. The molecule has 4 aliphatic rings. The maximum Gasteiger partial charge on any atom is 0.242 e. The Balaban J connectivity index is 1.43. The van der Waals surface area contributed by atoms with E-state index in [0.29, 0.717) is 19.6 Å². The van der Waals surface area contributed by atoms with Crippen molar-refractivity contribution in [3.63, 3.8) is 0 Å². The summed E-state index contributed by atoms with van der Waals surface area (Å²) >= 11 is 0. The molecule has 0 radical (unpaired) electrons. The molecule has 0 heterocycles. The highest BCUT2D eigenvalue weighted by atomic mass is 16.2. The summed E-state index contributed by atoms with van der Waals surface area (Å²) in [7, 11) is 1.66. The lowest BCUT2D eigenvalue weighted by Gasteiger charge is -2.55. The predicted octanol–water partition coefficient (Wildman–Crippen LogP) is 2.04. The van der Waals surface area contributed by atoms with Crippen molar-refractivity contribution < 1.29 is 14.4 Å². The fraction of sp³-hybridized carbons (Fsp3) is 0.857. The molecule has 0 aromatic heterocycles. The summed E-state index contributed by atoms with van der Waals surface area (Å²) in [6, 6.07) is 0. The minimum Gasteiger partial charge on any atom is -0.355 e. The van der Waals surface area contributed by atoms with E-state index in [1.54, 1.807) is 11.9 Å². The Hall–Kier alpha value is -1.59. The van der Waals surface area contributed by atoms with Gasteiger partial charge in [0.1, 0.15) is 0 Å². The molecule has 0 aliphatic heterocycles. The molecule has 4 fully saturated rings. The van der Waals surface area contributed by atoms with E-state index in [4.69, 9.17) is 0 Å². The van der Waals surface area contributed by atoms with Crippen molar-refractivity contribution in [1.29, 1.82) is 0 Å². The minimum atomic E-state index is -0.164. The summed E-state index contributed by atoms with van der Waals surface area (Å²) in [5.41, 5.74) is -0.164. The number of nitrogens with zero attached hydrogens (tertiary/aromatic N) is 2. The summed E-state index contributed by atoms with van der Waals surface area (Å²) in [6.07, 6.45) is 7.31. The molecule has 0 unspecified atom stereocenters. The molecule has 152 valence electrons. The molecule has 4 aliphatic carbocycles. The van der Waals surface area contributed by atoms with Gasteiger partial charge >= 0.3 is 0 Å². The van der Waals surface area contributed by atoms with Crippen LogP contribution in [-0.4, -0.2) is 60.7 Å². The normalized spacial score (nSPS) is 30.9. The van der Waals surface area contributed by atoms with Crippen LogP contribution in [0.4, 0.5) is 0 Å². The van der Waals surface area contributed by atoms with Crippen molar-refractivity contribution >= 4 is 17.7 Å². The molecule has 27 heavy (non-hydrogen) atoms. The third-order valence-electron chi connectivity index (χ3n) is 7.06. The Kier molecular flexibility index (Phi) is 6.11. The fourth-order valence-corrected chi connectivity index (χ4v) is 6.02. The zero-order valence-electron chi connectivity index (χ0n) is 17.1. The average molecular weight is 378 g/mol. The molecule has 0 spiro atoms. The van der Waals surface area contributed by atoms with E-state index >= 15 is 0 Å². The molecule has 3 amide bonds. The first-order chi connectivity index (χ1) is 12.9. The van der Waals surface area contributed by atoms with Crippen LogP contribution in [0.1, 0.15) is 58.8 Å². The minimum absolute atomic E-state index is 0.0338. The van der Waals surface area contributed by atoms with Crippen molar-refractivity contribution in [2.75, 3.05) is 33.2 Å². The molecule has 4 bridgehead atoms. The van der Waals surface area contributed by atoms with Gasteiger partial charge in [0.15, 0.2) is 0 Å². The number of likely N-dealkylation sites (N-methyl/N-ethyl adjacent to an activating group) is 2. The summed E-state index contributed by atoms with van der Waals surface area (Å²) < 4.78 is 0. The molecular weight excluding hydrogens is 342 g/mol. The van der Waals surface area contributed by atoms with Crippen LogP contribution in [-0.2, 0) is 14.4 Å². The second-order valence-electron chi connectivity index (χ2n) is 9.02. The van der Waals surface area contributed by atoms with Crippen molar-refractivity contribution in [1.82, 2.24) is 15.1 Å². The van der Waals surface area contributed by atoms with Crippen molar-refractivity contribution in [3.05, 3.63) is 0 Å². The molecule has 0 aromatic carbocycles. The number of amides is 3. The molecule has 4 rings (SSSR count). The van der Waals surface area contributed by atoms with Crippen molar-refractivity contribution in [2.45, 2.75) is 58.8 Å². The molecule has 6 nitrogen and oxygen atoms in total. The molecule has 0 aromatic rings. The van der Waals surface area contributed by atoms with Crippen LogP contribution in [0.3, 0.4) is 0 Å². The number of hydrogen-bond donors (Lipinski definition) is 1. The lowest BCUT2D eigenvalue weighted by Crippen LogP contribution is -2.53. The van der Waals surface area contributed by atoms with E-state index in [2.05, 4.69) is 5.32 Å². The van der Waals surface area contributed by atoms with Gasteiger partial charge in [0.2, 0.25) is 17.7 Å². The van der Waals surface area contributed by atoms with Gasteiger partial charge in [0, 0.05) is 38.5 Å². The highest BCUT2D eigenvalue weighted by Gasteiger charge is 2.54. The monoisotopic (exact) mass is 377 g/mol. The molecule has 0 atom stereocenters. The van der Waals surface area contributed by atoms with Crippen LogP contribution in [0.15, 0.2) is 0 Å². The van der Waals surface area contributed by atoms with E-state index < -0.39 is 0 Å². The van der Waals surface area contributed by atoms with E-state index in [1.807, 2.05) is 13.8 Å². The number of nitrogens with one attached hydrogen (secondary N) is 1. The first-order valence-corrected chi connectivity index (χ1v) is 10.7. The van der Waals surface area contributed by atoms with Gasteiger partial charge in [-0.05, 0) is 70.1 Å². The molecule has 1 N–H and O–H groups in total. The summed E-state index contributed by atoms with van der Waals surface area (Å²) in [4.78, 5) is 40.5. The Bertz CT molecular complexity index is 550. The highest BCUT2D eigenvalue weighted by molar-refractivity contribution is 5.86. The van der Waals surface area contributed by atoms with Gasteiger partial charge in [-0.15, -0.1) is 0 Å². The van der Waals surface area contributed by atoms with Gasteiger partial charge in [0.25, 0.3) is 0 Å². The van der Waals surface area contributed by atoms with Gasteiger partial charge in [-0.1, -0.05) is 0 Å². The highest BCUT2D eigenvalue weighted by Crippen LogP contribution is 2.60. The van der Waals surface area contributed by atoms with Crippen LogP contribution >= 0.6 is 0 Å². The van der Waals surface area contributed by atoms with Crippen LogP contribution in [0, 0.1) is 23.2 Å². The van der Waals surface area contributed by atoms with Crippen LogP contribution in [0.2, 0.25) is 0 Å². The zero-order chi connectivity index (χ0) is 19.6. The number of rotatable bonds is 8. The smallest absolute Gasteiger partial charge is 0.242 e. The second kappa shape index (κ2) is 8.19. The largest absolute Gasteiger partial charge is 0.355 e. The Morgan fingerprint density at radius 2 is 1.44 bits per heavy atom. The molecule has 4 saturated carbocycles. The number of carbonyl (C=O) groups is 3. The van der Waals surface area contributed by atoms with Gasteiger partial charge in [-0.25, -0.2) is 0 Å². The Morgan fingerprint density at radius 1 is 0.926 bits per heavy atom. The maximum atomic E-state index is 12.9. The van der Waals surface area contributed by atoms with E-state index in [-0.39, 0.29) is 36.1 Å². The van der Waals surface area contributed by atoms with Gasteiger partial charge in [0.05, 0.1) is 6.54 Å². The number of carbonyl (C=O) groups excluding carboxylic acids is 3. The third kappa shape index (κ3) is 4.30. The molecular formula is C21H35N3O3. The topological polar surface area (TPSA) is 69.7 Å². The summed E-state index contributed by atoms with van der Waals surface area (Å²) in [6.45, 7) is 5.63. The van der Waals surface area contributed by atoms with Gasteiger partial charge in [-0.2, -0.15) is 0 Å². The molecule has 6 heteroatoms. The quantitative estimate of drug-likeness (QED) is 0.704. The zero-order valence-corrected chi connectivity index (χ0v) is 17.1. The van der Waals surface area contributed by atoms with E-state index in [1.165, 1.54) is 24.2 Å². The number of hydrogen-bond acceptors (Lipinski definition) is 3. The van der Waals surface area contributed by atoms with Gasteiger partial charge < -0.3 is 15.1 Å². The molecule has 0 saturated heterocycles. The maximum absolute atomic E-state index is 12.9. The first kappa shape index (κ1) is 20.2. The predicted molar refractivity (Wildman–Crippen MR) is 104 cm³/mol.